The van der Waals surface area contributed by atoms with Crippen LogP contribution < -0.4 is 11.5 Å². The van der Waals surface area contributed by atoms with Crippen LogP contribution in [0.25, 0.3) is 0 Å². The molecule has 0 aromatic heterocycles. The number of hydrogen-bond donors (Lipinski definition) is 2. The van der Waals surface area contributed by atoms with Gasteiger partial charge in [0.1, 0.15) is 23.3 Å². The van der Waals surface area contributed by atoms with E-state index in [1.165, 1.54) is 12.1 Å². The highest BCUT2D eigenvalue weighted by Gasteiger charge is 2.33. The van der Waals surface area contributed by atoms with Crippen molar-refractivity contribution >= 4 is 62.7 Å². The zero-order chi connectivity index (χ0) is 27.3. The molecule has 2 heterocycles. The van der Waals surface area contributed by atoms with Crippen molar-refractivity contribution in [3.63, 3.8) is 0 Å². The molecule has 0 radical (unpaired) electrons. The molecule has 2 aliphatic heterocycles. The first-order valence-corrected chi connectivity index (χ1v) is 14.8. The van der Waals surface area contributed by atoms with Gasteiger partial charge in [0.25, 0.3) is 0 Å². The summed E-state index contributed by atoms with van der Waals surface area (Å²) in [5, 5.41) is 0.131. The molecule has 0 saturated carbocycles. The van der Waals surface area contributed by atoms with E-state index in [1.54, 1.807) is 47.8 Å². The number of nitrogens with two attached hydrogens (primary N) is 2. The van der Waals surface area contributed by atoms with Crippen LogP contribution in [-0.2, 0) is 0 Å². The first-order chi connectivity index (χ1) is 16.8. The lowest BCUT2D eigenvalue weighted by molar-refractivity contribution is 0.592. The number of thioether (sulfide) groups is 2. The molecule has 0 amide bonds. The predicted molar refractivity (Wildman–Crippen MR) is 159 cm³/mol. The van der Waals surface area contributed by atoms with Crippen LogP contribution >= 0.6 is 51.1 Å². The number of amidine groups is 2. The highest BCUT2D eigenvalue weighted by atomic mass is 79.9. The molecule has 2 aromatic rings. The number of aliphatic imine (C=N–C) groups is 2. The van der Waals surface area contributed by atoms with E-state index < -0.39 is 5.82 Å². The maximum Gasteiger partial charge on any atom is 0.147 e. The number of benzene rings is 2. The second kappa shape index (κ2) is 13.0. The van der Waals surface area contributed by atoms with Crippen molar-refractivity contribution < 1.29 is 8.78 Å². The maximum absolute atomic E-state index is 13.9. The normalized spacial score (nSPS) is 22.2. The largest absolute Gasteiger partial charge is 0.386 e. The van der Waals surface area contributed by atoms with Gasteiger partial charge in [0.2, 0.25) is 0 Å². The Morgan fingerprint density at radius 1 is 0.889 bits per heavy atom. The maximum atomic E-state index is 13.9. The smallest absolute Gasteiger partial charge is 0.147 e. The quantitative estimate of drug-likeness (QED) is 0.358. The van der Waals surface area contributed by atoms with Crippen molar-refractivity contribution in [2.45, 2.75) is 63.1 Å². The van der Waals surface area contributed by atoms with Gasteiger partial charge in [-0.2, -0.15) is 0 Å². The number of halogens is 4. The Bertz CT molecular complexity index is 1090. The summed E-state index contributed by atoms with van der Waals surface area (Å²) in [5.74, 6) is 1.98. The van der Waals surface area contributed by atoms with Crippen LogP contribution in [0.15, 0.2) is 50.9 Å². The average molecular weight is 620 g/mol. The third-order valence-electron chi connectivity index (χ3n) is 5.69. The van der Waals surface area contributed by atoms with Gasteiger partial charge in [-0.1, -0.05) is 53.5 Å². The van der Waals surface area contributed by atoms with Crippen molar-refractivity contribution in [1.29, 1.82) is 0 Å². The van der Waals surface area contributed by atoms with E-state index in [0.717, 1.165) is 10.2 Å². The molecule has 0 aliphatic carbocycles. The Morgan fingerprint density at radius 3 is 1.89 bits per heavy atom. The van der Waals surface area contributed by atoms with E-state index in [2.05, 4.69) is 25.9 Å². The van der Waals surface area contributed by atoms with Crippen LogP contribution in [0.1, 0.15) is 64.8 Å². The lowest BCUT2D eigenvalue weighted by Crippen LogP contribution is -2.39. The zero-order valence-electron chi connectivity index (χ0n) is 21.4. The van der Waals surface area contributed by atoms with E-state index in [9.17, 15) is 8.78 Å². The summed E-state index contributed by atoms with van der Waals surface area (Å²) in [6.45, 7) is 12.1. The lowest BCUT2D eigenvalue weighted by atomic mass is 10.1. The van der Waals surface area contributed by atoms with Crippen LogP contribution in [-0.4, -0.2) is 32.7 Å². The summed E-state index contributed by atoms with van der Waals surface area (Å²) in [6, 6.07) is 9.46. The third kappa shape index (κ3) is 7.62. The van der Waals surface area contributed by atoms with Gasteiger partial charge >= 0.3 is 0 Å². The standard InChI is InChI=1S/C12H14BrFN2S.C12H14ClFN2S.C2H6/c1-12(2)11(15)16-10(6-17-12)8-5-7(13)3-4-9(8)14;1-12(2)11(15)16-9(6-17-12)7-4-3-5-8(13)10(7)14;1-2/h3-5,10H,6H2,1-2H3,(H2,15,16);3-5,9H,6H2,1-2H3,(H2,15,16);1-2H3. The molecule has 0 spiro atoms. The minimum atomic E-state index is -0.393. The summed E-state index contributed by atoms with van der Waals surface area (Å²) in [5.41, 5.74) is 12.9. The fraction of sp³-hybridized carbons (Fsp3) is 0.462. The molecule has 0 fully saturated rings. The number of nitrogens with zero attached hydrogens (tertiary/aromatic N) is 2. The molecular formula is C26H34BrClF2N4S2. The minimum absolute atomic E-state index is 0.131. The molecule has 4 rings (SSSR count). The van der Waals surface area contributed by atoms with E-state index in [1.807, 2.05) is 41.5 Å². The molecule has 10 heteroatoms. The Morgan fingerprint density at radius 2 is 1.39 bits per heavy atom. The second-order valence-electron chi connectivity index (χ2n) is 9.01. The molecule has 4 N–H and O–H groups in total. The van der Waals surface area contributed by atoms with Crippen LogP contribution in [0.2, 0.25) is 5.02 Å². The van der Waals surface area contributed by atoms with Crippen LogP contribution in [0.4, 0.5) is 8.78 Å². The van der Waals surface area contributed by atoms with E-state index in [0.29, 0.717) is 28.6 Å². The van der Waals surface area contributed by atoms with Crippen molar-refractivity contribution in [2.24, 2.45) is 21.5 Å². The van der Waals surface area contributed by atoms with Crippen LogP contribution in [0.3, 0.4) is 0 Å². The number of hydrogen-bond acceptors (Lipinski definition) is 6. The molecule has 36 heavy (non-hydrogen) atoms. The molecule has 2 unspecified atom stereocenters. The lowest BCUT2D eigenvalue weighted by Gasteiger charge is -2.31. The van der Waals surface area contributed by atoms with E-state index >= 15 is 0 Å². The summed E-state index contributed by atoms with van der Waals surface area (Å²) in [7, 11) is 0. The fourth-order valence-corrected chi connectivity index (χ4v) is 5.93. The summed E-state index contributed by atoms with van der Waals surface area (Å²) < 4.78 is 28.1. The summed E-state index contributed by atoms with van der Waals surface area (Å²) in [6.07, 6.45) is 0. The van der Waals surface area contributed by atoms with Crippen LogP contribution in [0, 0.1) is 11.6 Å². The second-order valence-corrected chi connectivity index (χ2v) is 13.6. The van der Waals surface area contributed by atoms with Crippen molar-refractivity contribution in [3.8, 4) is 0 Å². The van der Waals surface area contributed by atoms with Crippen molar-refractivity contribution in [1.82, 2.24) is 0 Å². The molecule has 0 saturated heterocycles. The van der Waals surface area contributed by atoms with Gasteiger partial charge in [-0.3, -0.25) is 9.98 Å². The van der Waals surface area contributed by atoms with E-state index in [4.69, 9.17) is 23.1 Å². The average Bonchev–Trinajstić information content (AvgIpc) is 2.83. The SMILES string of the molecule is CC.CC1(C)SCC(c2cc(Br)ccc2F)N=C1N.CC1(C)SCC(c2cccc(Cl)c2F)N=C1N. The zero-order valence-corrected chi connectivity index (χ0v) is 25.4. The van der Waals surface area contributed by atoms with Gasteiger partial charge in [0.05, 0.1) is 26.6 Å². The molecule has 0 bridgehead atoms. The Balaban J connectivity index is 0.000000237. The van der Waals surface area contributed by atoms with Gasteiger partial charge < -0.3 is 11.5 Å². The third-order valence-corrected chi connectivity index (χ3v) is 9.30. The van der Waals surface area contributed by atoms with E-state index in [-0.39, 0.29) is 32.4 Å². The highest BCUT2D eigenvalue weighted by Crippen LogP contribution is 2.39. The first-order valence-electron chi connectivity index (χ1n) is 11.7. The monoisotopic (exact) mass is 618 g/mol. The fourth-order valence-electron chi connectivity index (χ4n) is 3.31. The Labute approximate surface area is 235 Å². The molecule has 2 atom stereocenters. The molecule has 198 valence electrons. The van der Waals surface area contributed by atoms with Crippen molar-refractivity contribution in [3.05, 3.63) is 68.7 Å². The summed E-state index contributed by atoms with van der Waals surface area (Å²) >= 11 is 12.5. The summed E-state index contributed by atoms with van der Waals surface area (Å²) in [4.78, 5) is 8.80. The Kier molecular flexibility index (Phi) is 11.2. The Hall–Kier alpha value is -1.29. The number of rotatable bonds is 2. The van der Waals surface area contributed by atoms with Crippen LogP contribution in [0.5, 0.6) is 0 Å². The van der Waals surface area contributed by atoms with Gasteiger partial charge in [-0.25, -0.2) is 8.78 Å². The van der Waals surface area contributed by atoms with Gasteiger partial charge in [-0.05, 0) is 52.0 Å². The van der Waals surface area contributed by atoms with Crippen molar-refractivity contribution in [2.75, 3.05) is 11.5 Å². The molecule has 2 aliphatic rings. The highest BCUT2D eigenvalue weighted by molar-refractivity contribution is 9.10. The molecule has 2 aromatic carbocycles. The van der Waals surface area contributed by atoms with Gasteiger partial charge in [-0.15, -0.1) is 23.5 Å². The minimum Gasteiger partial charge on any atom is -0.386 e. The topological polar surface area (TPSA) is 76.8 Å². The van der Waals surface area contributed by atoms with Gasteiger partial charge in [0, 0.05) is 27.1 Å². The predicted octanol–water partition coefficient (Wildman–Crippen LogP) is 7.94. The molecular weight excluding hydrogens is 586 g/mol. The van der Waals surface area contributed by atoms with Gasteiger partial charge in [0.15, 0.2) is 0 Å². The molecule has 4 nitrogen and oxygen atoms in total. The first kappa shape index (κ1) is 30.9.